The highest BCUT2D eigenvalue weighted by atomic mass is 32.1. The lowest BCUT2D eigenvalue weighted by molar-refractivity contribution is 0.112. The second-order valence-electron chi connectivity index (χ2n) is 8.93. The van der Waals surface area contributed by atoms with Gasteiger partial charge in [-0.2, -0.15) is 0 Å². The number of piperidine rings is 1. The smallest absolute Gasteiger partial charge is 0.255 e. The number of hydrogen-bond donors (Lipinski definition) is 0. The van der Waals surface area contributed by atoms with Crippen molar-refractivity contribution < 1.29 is 4.42 Å². The van der Waals surface area contributed by atoms with Gasteiger partial charge in [-0.05, 0) is 50.9 Å². The van der Waals surface area contributed by atoms with Gasteiger partial charge in [0.2, 0.25) is 5.89 Å². The van der Waals surface area contributed by atoms with Crippen LogP contribution in [0.3, 0.4) is 0 Å². The minimum atomic E-state index is 0.192. The summed E-state index contributed by atoms with van der Waals surface area (Å²) in [7, 11) is 4.01. The highest BCUT2D eigenvalue weighted by Gasteiger charge is 2.35. The van der Waals surface area contributed by atoms with Crippen molar-refractivity contribution in [1.82, 2.24) is 19.4 Å². The van der Waals surface area contributed by atoms with Gasteiger partial charge in [-0.3, -0.25) is 9.69 Å². The molecule has 0 saturated carbocycles. The number of rotatable bonds is 5. The summed E-state index contributed by atoms with van der Waals surface area (Å²) in [4.78, 5) is 23.4. The fourth-order valence-corrected chi connectivity index (χ4v) is 5.62. The summed E-state index contributed by atoms with van der Waals surface area (Å²) in [6, 6.07) is 8.28. The van der Waals surface area contributed by atoms with Crippen molar-refractivity contribution in [3.63, 3.8) is 0 Å². The topological polar surface area (TPSA) is 54.5 Å². The summed E-state index contributed by atoms with van der Waals surface area (Å²) >= 11 is 1.65. The molecule has 2 aliphatic heterocycles. The Morgan fingerprint density at radius 3 is 2.87 bits per heavy atom. The molecule has 0 aliphatic carbocycles. The lowest BCUT2D eigenvalue weighted by Crippen LogP contribution is -2.47. The minimum absolute atomic E-state index is 0.192. The molecule has 2 atom stereocenters. The lowest BCUT2D eigenvalue weighted by atomic mass is 9.83. The van der Waals surface area contributed by atoms with Crippen molar-refractivity contribution in [1.29, 1.82) is 0 Å². The Kier molecular flexibility index (Phi) is 5.13. The van der Waals surface area contributed by atoms with E-state index in [0.717, 1.165) is 54.0 Å². The molecule has 158 valence electrons. The van der Waals surface area contributed by atoms with E-state index in [1.807, 2.05) is 49.2 Å². The van der Waals surface area contributed by atoms with E-state index >= 15 is 0 Å². The maximum Gasteiger partial charge on any atom is 0.255 e. The summed E-state index contributed by atoms with van der Waals surface area (Å²) in [5, 5.41) is 2.05. The van der Waals surface area contributed by atoms with Crippen LogP contribution in [0.2, 0.25) is 0 Å². The first-order valence-corrected chi connectivity index (χ1v) is 11.5. The molecule has 30 heavy (non-hydrogen) atoms. The molecule has 6 nitrogen and oxygen atoms in total. The molecule has 5 rings (SSSR count). The number of fused-ring (bicyclic) bond motifs is 4. The zero-order chi connectivity index (χ0) is 20.8. The second kappa shape index (κ2) is 7.80. The third-order valence-electron chi connectivity index (χ3n) is 6.24. The Balaban J connectivity index is 1.36. The fraction of sp³-hybridized carbons (Fsp3) is 0.478. The Morgan fingerprint density at radius 1 is 1.23 bits per heavy atom. The minimum Gasteiger partial charge on any atom is -0.440 e. The third-order valence-corrected chi connectivity index (χ3v) is 7.10. The molecule has 1 fully saturated rings. The molecule has 2 bridgehead atoms. The highest BCUT2D eigenvalue weighted by Crippen LogP contribution is 2.36. The van der Waals surface area contributed by atoms with Gasteiger partial charge < -0.3 is 13.9 Å². The molecule has 7 heteroatoms. The number of nitrogens with zero attached hydrogens (tertiary/aromatic N) is 4. The monoisotopic (exact) mass is 424 g/mol. The van der Waals surface area contributed by atoms with Gasteiger partial charge in [-0.1, -0.05) is 12.1 Å². The molecule has 2 aliphatic rings. The van der Waals surface area contributed by atoms with E-state index < -0.39 is 0 Å². The maximum atomic E-state index is 13.0. The Hall–Kier alpha value is -2.22. The SMILES string of the molecule is Cc1oc(-c2cccs2)nc1CN1C[C@@H]2C[C@H](C1)c1ccc(CN(C)C)c(=O)n1C2. The van der Waals surface area contributed by atoms with Crippen LogP contribution in [0.15, 0.2) is 38.9 Å². The molecule has 0 N–H and O–H groups in total. The Morgan fingerprint density at radius 2 is 2.10 bits per heavy atom. The summed E-state index contributed by atoms with van der Waals surface area (Å²) in [5.74, 6) is 2.54. The van der Waals surface area contributed by atoms with E-state index in [0.29, 0.717) is 18.4 Å². The Labute approximate surface area is 180 Å². The van der Waals surface area contributed by atoms with Crippen LogP contribution in [-0.4, -0.2) is 46.5 Å². The standard InChI is InChI=1S/C23H28N4O2S/c1-15-19(24-22(29-15)21-5-4-8-30-21)14-26-10-16-9-18(13-26)20-7-6-17(12-25(2)3)23(28)27(20)11-16/h4-8,16,18H,9-14H2,1-3H3/t16-,18+/m0/s1. The molecule has 0 aromatic carbocycles. The lowest BCUT2D eigenvalue weighted by Gasteiger charge is -2.42. The molecule has 0 radical (unpaired) electrons. The van der Waals surface area contributed by atoms with Crippen molar-refractivity contribution in [2.24, 2.45) is 5.92 Å². The zero-order valence-corrected chi connectivity index (χ0v) is 18.6. The zero-order valence-electron chi connectivity index (χ0n) is 17.8. The van der Waals surface area contributed by atoms with E-state index in [1.54, 1.807) is 11.3 Å². The average Bonchev–Trinajstić information content (AvgIpc) is 3.34. The first-order valence-electron chi connectivity index (χ1n) is 10.6. The van der Waals surface area contributed by atoms with Gasteiger partial charge in [0.25, 0.3) is 5.56 Å². The highest BCUT2D eigenvalue weighted by molar-refractivity contribution is 7.13. The van der Waals surface area contributed by atoms with Crippen molar-refractivity contribution in [2.45, 2.75) is 38.9 Å². The normalized spacial score (nSPS) is 21.2. The van der Waals surface area contributed by atoms with Gasteiger partial charge in [-0.25, -0.2) is 4.98 Å². The van der Waals surface area contributed by atoms with Crippen molar-refractivity contribution in [3.8, 4) is 10.8 Å². The first kappa shape index (κ1) is 19.7. The van der Waals surface area contributed by atoms with Gasteiger partial charge in [0.15, 0.2) is 0 Å². The predicted molar refractivity (Wildman–Crippen MR) is 119 cm³/mol. The van der Waals surface area contributed by atoms with Crippen LogP contribution in [0, 0.1) is 12.8 Å². The van der Waals surface area contributed by atoms with Crippen LogP contribution in [0.4, 0.5) is 0 Å². The molecular weight excluding hydrogens is 396 g/mol. The quantitative estimate of drug-likeness (QED) is 0.627. The molecule has 0 unspecified atom stereocenters. The molecule has 1 saturated heterocycles. The van der Waals surface area contributed by atoms with E-state index in [2.05, 4.69) is 15.9 Å². The fourth-order valence-electron chi connectivity index (χ4n) is 4.97. The van der Waals surface area contributed by atoms with Crippen LogP contribution in [-0.2, 0) is 19.6 Å². The second-order valence-corrected chi connectivity index (χ2v) is 9.88. The van der Waals surface area contributed by atoms with Gasteiger partial charge in [-0.15, -0.1) is 11.3 Å². The van der Waals surface area contributed by atoms with Crippen LogP contribution in [0.5, 0.6) is 0 Å². The molecule has 0 spiro atoms. The molecule has 3 aromatic heterocycles. The van der Waals surface area contributed by atoms with Crippen LogP contribution >= 0.6 is 11.3 Å². The number of thiophene rings is 1. The number of oxazole rings is 1. The number of aromatic nitrogens is 2. The third kappa shape index (κ3) is 3.66. The largest absolute Gasteiger partial charge is 0.440 e. The van der Waals surface area contributed by atoms with E-state index in [9.17, 15) is 4.79 Å². The number of likely N-dealkylation sites (tertiary alicyclic amines) is 1. The average molecular weight is 425 g/mol. The van der Waals surface area contributed by atoms with Crippen molar-refractivity contribution >= 4 is 11.3 Å². The molecule has 0 amide bonds. The summed E-state index contributed by atoms with van der Waals surface area (Å²) in [5.41, 5.74) is 3.30. The van der Waals surface area contributed by atoms with E-state index in [4.69, 9.17) is 9.40 Å². The number of aryl methyl sites for hydroxylation is 1. The van der Waals surface area contributed by atoms with E-state index in [1.165, 1.54) is 12.1 Å². The molecular formula is C23H28N4O2S. The van der Waals surface area contributed by atoms with Crippen LogP contribution < -0.4 is 5.56 Å². The van der Waals surface area contributed by atoms with Gasteiger partial charge in [0.05, 0.1) is 10.6 Å². The van der Waals surface area contributed by atoms with Crippen molar-refractivity contribution in [2.75, 3.05) is 27.2 Å². The van der Waals surface area contributed by atoms with Crippen LogP contribution in [0.1, 0.15) is 35.1 Å². The first-order chi connectivity index (χ1) is 14.5. The Bertz CT molecular complexity index is 1100. The van der Waals surface area contributed by atoms with Crippen molar-refractivity contribution in [3.05, 3.63) is 62.7 Å². The van der Waals surface area contributed by atoms with E-state index in [-0.39, 0.29) is 5.56 Å². The van der Waals surface area contributed by atoms with Gasteiger partial charge in [0.1, 0.15) is 5.76 Å². The number of hydrogen-bond acceptors (Lipinski definition) is 6. The van der Waals surface area contributed by atoms with Crippen LogP contribution in [0.25, 0.3) is 10.8 Å². The van der Waals surface area contributed by atoms with Gasteiger partial charge >= 0.3 is 0 Å². The van der Waals surface area contributed by atoms with Gasteiger partial charge in [0, 0.05) is 49.9 Å². The molecule has 3 aromatic rings. The summed E-state index contributed by atoms with van der Waals surface area (Å²) in [6.07, 6.45) is 1.17. The summed E-state index contributed by atoms with van der Waals surface area (Å²) in [6.45, 7) is 6.28. The summed E-state index contributed by atoms with van der Waals surface area (Å²) < 4.78 is 7.98. The maximum absolute atomic E-state index is 13.0. The molecule has 5 heterocycles. The predicted octanol–water partition coefficient (Wildman–Crippen LogP) is 3.55. The number of pyridine rings is 1.